The highest BCUT2D eigenvalue weighted by Gasteiger charge is 2.34. The van der Waals surface area contributed by atoms with E-state index in [9.17, 15) is 4.79 Å². The maximum absolute atomic E-state index is 12.2. The van der Waals surface area contributed by atoms with Gasteiger partial charge in [0, 0.05) is 38.7 Å². The summed E-state index contributed by atoms with van der Waals surface area (Å²) in [5.74, 6) is 1.70. The quantitative estimate of drug-likeness (QED) is 0.723. The van der Waals surface area contributed by atoms with Crippen molar-refractivity contribution in [3.8, 4) is 0 Å². The van der Waals surface area contributed by atoms with E-state index in [0.717, 1.165) is 25.5 Å². The molecular weight excluding hydrogens is 252 g/mol. The molecule has 1 amide bonds. The fourth-order valence-corrected chi connectivity index (χ4v) is 3.61. The highest BCUT2D eigenvalue weighted by molar-refractivity contribution is 5.76. The van der Waals surface area contributed by atoms with Gasteiger partial charge >= 0.3 is 0 Å². The van der Waals surface area contributed by atoms with Crippen LogP contribution in [0, 0.1) is 11.8 Å². The molecule has 3 aliphatic rings. The summed E-state index contributed by atoms with van der Waals surface area (Å²) in [4.78, 5) is 14.1. The van der Waals surface area contributed by atoms with Crippen molar-refractivity contribution in [2.75, 3.05) is 26.8 Å². The van der Waals surface area contributed by atoms with Crippen LogP contribution in [0.2, 0.25) is 0 Å². The summed E-state index contributed by atoms with van der Waals surface area (Å²) in [5, 5.41) is 3.64. The van der Waals surface area contributed by atoms with Crippen LogP contribution < -0.4 is 5.32 Å². The molecule has 1 saturated carbocycles. The van der Waals surface area contributed by atoms with Crippen LogP contribution in [0.15, 0.2) is 0 Å². The van der Waals surface area contributed by atoms with Crippen LogP contribution in [-0.2, 0) is 9.53 Å². The Morgan fingerprint density at radius 2 is 1.85 bits per heavy atom. The van der Waals surface area contributed by atoms with Gasteiger partial charge in [0.05, 0.1) is 6.61 Å². The van der Waals surface area contributed by atoms with Gasteiger partial charge in [-0.1, -0.05) is 0 Å². The lowest BCUT2D eigenvalue weighted by Crippen LogP contribution is -2.40. The van der Waals surface area contributed by atoms with Crippen molar-refractivity contribution in [1.29, 1.82) is 0 Å². The summed E-state index contributed by atoms with van der Waals surface area (Å²) >= 11 is 0. The molecule has 2 saturated heterocycles. The number of carbonyl (C=O) groups is 1. The van der Waals surface area contributed by atoms with Crippen molar-refractivity contribution in [3.63, 3.8) is 0 Å². The number of rotatable bonds is 7. The lowest BCUT2D eigenvalue weighted by atomic mass is 9.89. The standard InChI is InChI=1S/C16H28N2O2/c1-18(6-7-20-11-12-2-3-12)16(19)10-13-8-14-4-5-15(9-13)17-14/h12-15,17H,2-11H2,1H3. The number of carbonyl (C=O) groups excluding carboxylic acids is 1. The number of hydrogen-bond acceptors (Lipinski definition) is 3. The number of nitrogens with one attached hydrogen (secondary N) is 1. The Hall–Kier alpha value is -0.610. The molecule has 2 aliphatic heterocycles. The van der Waals surface area contributed by atoms with Crippen molar-refractivity contribution in [2.45, 2.75) is 57.0 Å². The third kappa shape index (κ3) is 3.95. The second-order valence-corrected chi connectivity index (χ2v) is 7.01. The molecule has 0 aromatic heterocycles. The largest absolute Gasteiger partial charge is 0.379 e. The number of nitrogens with zero attached hydrogens (tertiary/aromatic N) is 1. The Kier molecular flexibility index (Phi) is 4.61. The molecule has 2 heterocycles. The Labute approximate surface area is 122 Å². The smallest absolute Gasteiger partial charge is 0.222 e. The van der Waals surface area contributed by atoms with Crippen LogP contribution in [0.5, 0.6) is 0 Å². The van der Waals surface area contributed by atoms with Gasteiger partial charge in [0.15, 0.2) is 0 Å². The van der Waals surface area contributed by atoms with Gasteiger partial charge in [0.2, 0.25) is 5.91 Å². The maximum atomic E-state index is 12.2. The van der Waals surface area contributed by atoms with Gasteiger partial charge in [0.25, 0.3) is 0 Å². The van der Waals surface area contributed by atoms with Gasteiger partial charge in [-0.3, -0.25) is 4.79 Å². The van der Waals surface area contributed by atoms with E-state index < -0.39 is 0 Å². The van der Waals surface area contributed by atoms with E-state index in [0.29, 0.717) is 30.5 Å². The second-order valence-electron chi connectivity index (χ2n) is 7.01. The second kappa shape index (κ2) is 6.44. The molecule has 3 rings (SSSR count). The molecular formula is C16H28N2O2. The van der Waals surface area contributed by atoms with Gasteiger partial charge in [-0.25, -0.2) is 0 Å². The van der Waals surface area contributed by atoms with E-state index >= 15 is 0 Å². The molecule has 1 aliphatic carbocycles. The molecule has 0 aromatic carbocycles. The van der Waals surface area contributed by atoms with E-state index in [-0.39, 0.29) is 0 Å². The highest BCUT2D eigenvalue weighted by atomic mass is 16.5. The lowest BCUT2D eigenvalue weighted by molar-refractivity contribution is -0.131. The van der Waals surface area contributed by atoms with Gasteiger partial charge in [-0.2, -0.15) is 0 Å². The molecule has 1 N–H and O–H groups in total. The van der Waals surface area contributed by atoms with Crippen LogP contribution in [0.25, 0.3) is 0 Å². The minimum atomic E-state index is 0.298. The molecule has 2 atom stereocenters. The number of piperidine rings is 1. The number of amides is 1. The Balaban J connectivity index is 1.32. The van der Waals surface area contributed by atoms with E-state index in [4.69, 9.17) is 4.74 Å². The predicted octanol–water partition coefficient (Wildman–Crippen LogP) is 1.79. The number of fused-ring (bicyclic) bond motifs is 2. The molecule has 20 heavy (non-hydrogen) atoms. The molecule has 2 bridgehead atoms. The molecule has 0 spiro atoms. The summed E-state index contributed by atoms with van der Waals surface area (Å²) in [5.41, 5.74) is 0. The number of ether oxygens (including phenoxy) is 1. The summed E-state index contributed by atoms with van der Waals surface area (Å²) in [7, 11) is 1.92. The molecule has 4 nitrogen and oxygen atoms in total. The van der Waals surface area contributed by atoms with E-state index in [1.807, 2.05) is 11.9 Å². The summed E-state index contributed by atoms with van der Waals surface area (Å²) in [6.45, 7) is 2.32. The van der Waals surface area contributed by atoms with Gasteiger partial charge in [0.1, 0.15) is 0 Å². The van der Waals surface area contributed by atoms with Crippen molar-refractivity contribution in [2.24, 2.45) is 11.8 Å². The third-order valence-electron chi connectivity index (χ3n) is 5.08. The SMILES string of the molecule is CN(CCOCC1CC1)C(=O)CC1CC2CCC(C1)N2. The maximum Gasteiger partial charge on any atom is 0.222 e. The predicted molar refractivity (Wildman–Crippen MR) is 78.5 cm³/mol. The summed E-state index contributed by atoms with van der Waals surface area (Å²) in [6.07, 6.45) is 8.37. The van der Waals surface area contributed by atoms with Crippen molar-refractivity contribution >= 4 is 5.91 Å². The van der Waals surface area contributed by atoms with E-state index in [1.165, 1.54) is 38.5 Å². The number of likely N-dealkylation sites (N-methyl/N-ethyl adjacent to an activating group) is 1. The number of hydrogen-bond donors (Lipinski definition) is 1. The molecule has 4 heteroatoms. The van der Waals surface area contributed by atoms with Crippen LogP contribution in [-0.4, -0.2) is 49.7 Å². The van der Waals surface area contributed by atoms with Crippen LogP contribution in [0.1, 0.15) is 44.9 Å². The Bertz CT molecular complexity index is 331. The fourth-order valence-electron chi connectivity index (χ4n) is 3.61. The lowest BCUT2D eigenvalue weighted by Gasteiger charge is -2.30. The minimum Gasteiger partial charge on any atom is -0.379 e. The minimum absolute atomic E-state index is 0.298. The van der Waals surface area contributed by atoms with Crippen molar-refractivity contribution < 1.29 is 9.53 Å². The molecule has 2 unspecified atom stereocenters. The first-order chi connectivity index (χ1) is 9.70. The molecule has 0 aromatic rings. The van der Waals surface area contributed by atoms with Gasteiger partial charge < -0.3 is 15.0 Å². The first kappa shape index (κ1) is 14.3. The molecule has 3 fully saturated rings. The average Bonchev–Trinajstić information content (AvgIpc) is 3.19. The van der Waals surface area contributed by atoms with Crippen molar-refractivity contribution in [3.05, 3.63) is 0 Å². The topological polar surface area (TPSA) is 41.6 Å². The summed E-state index contributed by atoms with van der Waals surface area (Å²) < 4.78 is 5.61. The Morgan fingerprint density at radius 3 is 2.50 bits per heavy atom. The van der Waals surface area contributed by atoms with Crippen LogP contribution >= 0.6 is 0 Å². The Morgan fingerprint density at radius 1 is 1.15 bits per heavy atom. The molecule has 0 radical (unpaired) electrons. The highest BCUT2D eigenvalue weighted by Crippen LogP contribution is 2.33. The monoisotopic (exact) mass is 280 g/mol. The van der Waals surface area contributed by atoms with Crippen LogP contribution in [0.3, 0.4) is 0 Å². The zero-order valence-electron chi connectivity index (χ0n) is 12.6. The zero-order valence-corrected chi connectivity index (χ0v) is 12.6. The first-order valence-electron chi connectivity index (χ1n) is 8.28. The van der Waals surface area contributed by atoms with Gasteiger partial charge in [-0.05, 0) is 50.4 Å². The summed E-state index contributed by atoms with van der Waals surface area (Å²) in [6, 6.07) is 1.36. The van der Waals surface area contributed by atoms with Gasteiger partial charge in [-0.15, -0.1) is 0 Å². The van der Waals surface area contributed by atoms with E-state index in [2.05, 4.69) is 5.32 Å². The normalized spacial score (nSPS) is 32.4. The molecule has 114 valence electrons. The zero-order chi connectivity index (χ0) is 13.9. The van der Waals surface area contributed by atoms with Crippen LogP contribution in [0.4, 0.5) is 0 Å². The fraction of sp³-hybridized carbons (Fsp3) is 0.938. The van der Waals surface area contributed by atoms with E-state index in [1.54, 1.807) is 0 Å². The third-order valence-corrected chi connectivity index (χ3v) is 5.08. The average molecular weight is 280 g/mol. The van der Waals surface area contributed by atoms with Crippen molar-refractivity contribution in [1.82, 2.24) is 10.2 Å². The first-order valence-corrected chi connectivity index (χ1v) is 8.28.